The van der Waals surface area contributed by atoms with E-state index in [2.05, 4.69) is 18.7 Å². The topological polar surface area (TPSA) is 57.6 Å². The summed E-state index contributed by atoms with van der Waals surface area (Å²) < 4.78 is 39.5. The quantitative estimate of drug-likeness (QED) is 0.380. The first kappa shape index (κ1) is 26.9. The average molecular weight is 490 g/mol. The van der Waals surface area contributed by atoms with Crippen LogP contribution in [0.1, 0.15) is 85.6 Å². The molecule has 0 bridgehead atoms. The number of rotatable bonds is 9. The van der Waals surface area contributed by atoms with Gasteiger partial charge in [-0.25, -0.2) is 0 Å². The Bertz CT molecular complexity index is 986. The molecule has 1 unspecified atom stereocenters. The van der Waals surface area contributed by atoms with Crippen LogP contribution in [0.15, 0.2) is 48.5 Å². The summed E-state index contributed by atoms with van der Waals surface area (Å²) in [7, 11) is 0. The summed E-state index contributed by atoms with van der Waals surface area (Å²) in [6.07, 6.45) is -0.528. The molecule has 4 nitrogen and oxygen atoms in total. The molecular weight excluding hydrogens is 455 g/mol. The minimum atomic E-state index is -4.41. The maximum Gasteiger partial charge on any atom is 0.416 e. The number of aliphatic carboxylic acids is 1. The fraction of sp³-hybridized carbons (Fsp3) is 0.500. The Labute approximate surface area is 205 Å². The summed E-state index contributed by atoms with van der Waals surface area (Å²) in [5.74, 6) is -0.981. The van der Waals surface area contributed by atoms with Crippen LogP contribution in [-0.2, 0) is 11.0 Å². The number of hydrogen-bond donors (Lipinski definition) is 1. The van der Waals surface area contributed by atoms with E-state index in [9.17, 15) is 27.9 Å². The molecule has 0 aromatic heterocycles. The lowest BCUT2D eigenvalue weighted by Gasteiger charge is -2.45. The van der Waals surface area contributed by atoms with Crippen LogP contribution in [-0.4, -0.2) is 28.8 Å². The van der Waals surface area contributed by atoms with E-state index in [1.165, 1.54) is 12.1 Å². The third-order valence-electron chi connectivity index (χ3n) is 7.28. The molecule has 0 radical (unpaired) electrons. The summed E-state index contributed by atoms with van der Waals surface area (Å²) in [5.41, 5.74) is 1.71. The maximum absolute atomic E-state index is 13.2. The summed E-state index contributed by atoms with van der Waals surface area (Å²) in [6.45, 7) is 6.66. The highest BCUT2D eigenvalue weighted by molar-refractivity contribution is 5.74. The Hall–Kier alpha value is -2.67. The van der Waals surface area contributed by atoms with Crippen molar-refractivity contribution in [3.05, 3.63) is 70.8 Å². The second kappa shape index (κ2) is 11.4. The van der Waals surface area contributed by atoms with Crippen LogP contribution < -0.4 is 0 Å². The predicted octanol–water partition coefficient (Wildman–Crippen LogP) is 7.17. The Morgan fingerprint density at radius 1 is 1.06 bits per heavy atom. The molecule has 3 rings (SSSR count). The van der Waals surface area contributed by atoms with Crippen molar-refractivity contribution < 1.29 is 27.9 Å². The van der Waals surface area contributed by atoms with E-state index in [1.807, 2.05) is 12.1 Å². The largest absolute Gasteiger partial charge is 0.481 e. The highest BCUT2D eigenvalue weighted by Crippen LogP contribution is 2.44. The van der Waals surface area contributed by atoms with Gasteiger partial charge in [0, 0.05) is 17.6 Å². The molecule has 4 atom stereocenters. The highest BCUT2D eigenvalue weighted by atomic mass is 19.4. The van der Waals surface area contributed by atoms with Crippen molar-refractivity contribution in [3.63, 3.8) is 0 Å². The third kappa shape index (κ3) is 6.72. The van der Waals surface area contributed by atoms with Crippen molar-refractivity contribution >= 4 is 12.3 Å². The molecule has 2 aromatic rings. The van der Waals surface area contributed by atoms with Crippen LogP contribution in [0.3, 0.4) is 0 Å². The fourth-order valence-corrected chi connectivity index (χ4v) is 5.07. The number of halogens is 3. The van der Waals surface area contributed by atoms with Crippen LogP contribution in [0.4, 0.5) is 13.2 Å². The minimum Gasteiger partial charge on any atom is -0.481 e. The number of carbonyl (C=O) groups is 2. The van der Waals surface area contributed by atoms with Gasteiger partial charge in [0.2, 0.25) is 0 Å². The molecule has 1 aliphatic rings. The van der Waals surface area contributed by atoms with E-state index in [0.717, 1.165) is 42.4 Å². The summed E-state index contributed by atoms with van der Waals surface area (Å²) in [6, 6.07) is 12.6. The Balaban J connectivity index is 2.00. The van der Waals surface area contributed by atoms with Crippen molar-refractivity contribution in [2.24, 2.45) is 17.8 Å². The van der Waals surface area contributed by atoms with E-state index in [-0.39, 0.29) is 18.0 Å². The van der Waals surface area contributed by atoms with Crippen molar-refractivity contribution in [1.82, 2.24) is 4.90 Å². The van der Waals surface area contributed by atoms with Crippen LogP contribution in [0.25, 0.3) is 0 Å². The molecule has 0 spiro atoms. The van der Waals surface area contributed by atoms with Crippen LogP contribution in [0, 0.1) is 17.8 Å². The van der Waals surface area contributed by atoms with Crippen molar-refractivity contribution in [1.29, 1.82) is 0 Å². The van der Waals surface area contributed by atoms with E-state index in [1.54, 1.807) is 19.1 Å². The standard InChI is InChI=1S/C28H34F3NO3/c1-18(2)4-13-25(21-7-5-20(17-33)6-8-21)32-15-14-23(19(3)27(34)35)16-26(32)22-9-11-24(12-10-22)28(29,30)31/h5-12,17-19,23,25-26H,4,13-16H2,1-3H3,(H,34,35)/t19?,23-,25+,26-/m0/s1. The number of likely N-dealkylation sites (tertiary alicyclic amines) is 1. The van der Waals surface area contributed by atoms with Crippen molar-refractivity contribution in [2.45, 2.75) is 64.7 Å². The zero-order valence-electron chi connectivity index (χ0n) is 20.5. The van der Waals surface area contributed by atoms with Gasteiger partial charge in [0.25, 0.3) is 0 Å². The van der Waals surface area contributed by atoms with Gasteiger partial charge in [-0.1, -0.05) is 57.2 Å². The molecule has 7 heteroatoms. The maximum atomic E-state index is 13.2. The molecule has 1 N–H and O–H groups in total. The van der Waals surface area contributed by atoms with Crippen LogP contribution in [0.2, 0.25) is 0 Å². The first-order chi connectivity index (χ1) is 16.5. The predicted molar refractivity (Wildman–Crippen MR) is 129 cm³/mol. The number of nitrogens with zero attached hydrogens (tertiary/aromatic N) is 1. The van der Waals surface area contributed by atoms with E-state index in [4.69, 9.17) is 0 Å². The number of carboxylic acids is 1. The first-order valence-electron chi connectivity index (χ1n) is 12.2. The Kier molecular flexibility index (Phi) is 8.75. The van der Waals surface area contributed by atoms with Crippen molar-refractivity contribution in [3.8, 4) is 0 Å². The SMILES string of the molecule is CC(C)CC[C@H](c1ccc(C=O)cc1)N1CC[C@H](C(C)C(=O)O)C[C@H]1c1ccc(C(F)(F)F)cc1. The van der Waals surface area contributed by atoms with Gasteiger partial charge in [0.1, 0.15) is 6.29 Å². The molecule has 2 aromatic carbocycles. The van der Waals surface area contributed by atoms with Gasteiger partial charge >= 0.3 is 12.1 Å². The second-order valence-corrected chi connectivity index (χ2v) is 10.1. The smallest absolute Gasteiger partial charge is 0.416 e. The lowest BCUT2D eigenvalue weighted by atomic mass is 9.78. The van der Waals surface area contributed by atoms with Gasteiger partial charge in [-0.15, -0.1) is 0 Å². The van der Waals surface area contributed by atoms with Gasteiger partial charge in [-0.2, -0.15) is 13.2 Å². The number of carbonyl (C=O) groups excluding carboxylic acids is 1. The van der Waals surface area contributed by atoms with Crippen molar-refractivity contribution in [2.75, 3.05) is 6.54 Å². The summed E-state index contributed by atoms with van der Waals surface area (Å²) in [4.78, 5) is 25.2. The average Bonchev–Trinajstić information content (AvgIpc) is 2.83. The Morgan fingerprint density at radius 2 is 1.69 bits per heavy atom. The molecule has 0 aliphatic carbocycles. The third-order valence-corrected chi connectivity index (χ3v) is 7.28. The molecule has 1 aliphatic heterocycles. The molecule has 0 saturated carbocycles. The van der Waals surface area contributed by atoms with Gasteiger partial charge in [-0.05, 0) is 67.3 Å². The summed E-state index contributed by atoms with van der Waals surface area (Å²) >= 11 is 0. The molecule has 1 heterocycles. The number of piperidine rings is 1. The number of hydrogen-bond acceptors (Lipinski definition) is 3. The van der Waals surface area contributed by atoms with E-state index in [0.29, 0.717) is 30.9 Å². The fourth-order valence-electron chi connectivity index (χ4n) is 5.07. The lowest BCUT2D eigenvalue weighted by molar-refractivity contribution is -0.144. The molecule has 1 fully saturated rings. The molecule has 1 saturated heterocycles. The molecule has 190 valence electrons. The monoisotopic (exact) mass is 489 g/mol. The lowest BCUT2D eigenvalue weighted by Crippen LogP contribution is -2.42. The zero-order chi connectivity index (χ0) is 25.8. The van der Waals surface area contributed by atoms with Gasteiger partial charge in [-0.3, -0.25) is 14.5 Å². The molecule has 35 heavy (non-hydrogen) atoms. The highest BCUT2D eigenvalue weighted by Gasteiger charge is 2.38. The van der Waals surface area contributed by atoms with E-state index >= 15 is 0 Å². The number of carboxylic acid groups (broad SMARTS) is 1. The molecule has 0 amide bonds. The first-order valence-corrected chi connectivity index (χ1v) is 12.2. The van der Waals surface area contributed by atoms with Crippen LogP contribution in [0.5, 0.6) is 0 Å². The number of benzene rings is 2. The molecular formula is C28H34F3NO3. The van der Waals surface area contributed by atoms with Gasteiger partial charge < -0.3 is 5.11 Å². The summed E-state index contributed by atoms with van der Waals surface area (Å²) in [5, 5.41) is 9.60. The number of aldehydes is 1. The van der Waals surface area contributed by atoms with E-state index < -0.39 is 23.6 Å². The zero-order valence-corrected chi connectivity index (χ0v) is 20.5. The minimum absolute atomic E-state index is 0.00600. The second-order valence-electron chi connectivity index (χ2n) is 10.1. The van der Waals surface area contributed by atoms with Crippen LogP contribution >= 0.6 is 0 Å². The number of alkyl halides is 3. The normalized spacial score (nSPS) is 21.0. The Morgan fingerprint density at radius 3 is 2.20 bits per heavy atom. The van der Waals surface area contributed by atoms with Gasteiger partial charge in [0.05, 0.1) is 11.5 Å². The van der Waals surface area contributed by atoms with Gasteiger partial charge in [0.15, 0.2) is 0 Å².